The van der Waals surface area contributed by atoms with Crippen molar-refractivity contribution in [2.45, 2.75) is 13.0 Å². The molecule has 1 N–H and O–H groups in total. The molecule has 1 unspecified atom stereocenters. The Hall–Kier alpha value is -1.78. The maximum absolute atomic E-state index is 12.4. The van der Waals surface area contributed by atoms with Crippen LogP contribution < -0.4 is 0 Å². The monoisotopic (exact) mass is 324 g/mol. The van der Waals surface area contributed by atoms with Crippen LogP contribution in [0.1, 0.15) is 28.9 Å². The van der Waals surface area contributed by atoms with E-state index in [1.807, 2.05) is 6.92 Å². The molecule has 0 aliphatic carbocycles. The minimum Gasteiger partial charge on any atom is -0.506 e. The third-order valence-corrected chi connectivity index (χ3v) is 3.85. The van der Waals surface area contributed by atoms with Crippen LogP contribution in [0.4, 0.5) is 0 Å². The molecular weight excluding hydrogens is 311 g/mol. The van der Waals surface area contributed by atoms with Crippen LogP contribution in [0.5, 0.6) is 5.75 Å². The Balaban J connectivity index is 2.26. The number of carbonyl (C=O) groups excluding carboxylic acids is 1. The molecule has 0 fully saturated rings. The van der Waals surface area contributed by atoms with Gasteiger partial charge in [0.2, 0.25) is 0 Å². The summed E-state index contributed by atoms with van der Waals surface area (Å²) in [5, 5.41) is 10.5. The van der Waals surface area contributed by atoms with E-state index in [2.05, 4.69) is 4.98 Å². The molecule has 21 heavy (non-hydrogen) atoms. The number of aromatic hydroxyl groups is 1. The van der Waals surface area contributed by atoms with Crippen molar-refractivity contribution in [3.8, 4) is 5.75 Å². The second-order valence-corrected chi connectivity index (χ2v) is 5.53. The van der Waals surface area contributed by atoms with Crippen LogP contribution in [0.25, 0.3) is 0 Å². The van der Waals surface area contributed by atoms with Gasteiger partial charge in [-0.3, -0.25) is 9.78 Å². The highest BCUT2D eigenvalue weighted by Crippen LogP contribution is 2.29. The Bertz CT molecular complexity index is 676. The Labute approximate surface area is 132 Å². The summed E-state index contributed by atoms with van der Waals surface area (Å²) in [6.07, 6.45) is 2.69. The molecule has 2 aromatic rings. The number of pyridine rings is 1. The summed E-state index contributed by atoms with van der Waals surface area (Å²) in [5.41, 5.74) is 1.11. The highest BCUT2D eigenvalue weighted by molar-refractivity contribution is 6.35. The van der Waals surface area contributed by atoms with Crippen LogP contribution in [-0.4, -0.2) is 27.9 Å². The number of hydrogen-bond donors (Lipinski definition) is 1. The van der Waals surface area contributed by atoms with Gasteiger partial charge in [0.05, 0.1) is 17.8 Å². The van der Waals surface area contributed by atoms with Gasteiger partial charge in [-0.05, 0) is 30.7 Å². The van der Waals surface area contributed by atoms with Crippen molar-refractivity contribution in [2.75, 3.05) is 7.05 Å². The zero-order chi connectivity index (χ0) is 15.6. The van der Waals surface area contributed by atoms with Crippen LogP contribution >= 0.6 is 23.2 Å². The summed E-state index contributed by atoms with van der Waals surface area (Å²) < 4.78 is 0. The Kier molecular flexibility index (Phi) is 4.70. The molecule has 0 bridgehead atoms. The van der Waals surface area contributed by atoms with Gasteiger partial charge in [-0.15, -0.1) is 0 Å². The van der Waals surface area contributed by atoms with Gasteiger partial charge in [0, 0.05) is 23.3 Å². The van der Waals surface area contributed by atoms with E-state index in [9.17, 15) is 9.90 Å². The average molecular weight is 325 g/mol. The zero-order valence-electron chi connectivity index (χ0n) is 11.5. The molecule has 1 heterocycles. The van der Waals surface area contributed by atoms with Crippen molar-refractivity contribution < 1.29 is 9.90 Å². The average Bonchev–Trinajstić information content (AvgIpc) is 2.45. The van der Waals surface area contributed by atoms with Crippen molar-refractivity contribution in [3.63, 3.8) is 0 Å². The maximum atomic E-state index is 12.4. The topological polar surface area (TPSA) is 53.4 Å². The van der Waals surface area contributed by atoms with E-state index in [1.165, 1.54) is 23.4 Å². The molecule has 1 aromatic heterocycles. The highest BCUT2D eigenvalue weighted by atomic mass is 35.5. The second kappa shape index (κ2) is 6.33. The number of benzene rings is 1. The second-order valence-electron chi connectivity index (χ2n) is 4.69. The summed E-state index contributed by atoms with van der Waals surface area (Å²) in [5.74, 6) is -0.302. The lowest BCUT2D eigenvalue weighted by Gasteiger charge is -2.26. The van der Waals surface area contributed by atoms with E-state index in [1.54, 1.807) is 25.2 Å². The van der Waals surface area contributed by atoms with Crippen molar-refractivity contribution >= 4 is 29.1 Å². The first-order valence-corrected chi connectivity index (χ1v) is 7.02. The van der Waals surface area contributed by atoms with Gasteiger partial charge in [0.15, 0.2) is 0 Å². The first-order valence-electron chi connectivity index (χ1n) is 6.26. The van der Waals surface area contributed by atoms with Crippen molar-refractivity contribution in [3.05, 3.63) is 57.8 Å². The molecule has 1 aromatic carbocycles. The van der Waals surface area contributed by atoms with Gasteiger partial charge in [-0.25, -0.2) is 0 Å². The number of halogens is 2. The van der Waals surface area contributed by atoms with Gasteiger partial charge >= 0.3 is 0 Å². The molecule has 0 aliphatic rings. The molecule has 0 aliphatic heterocycles. The number of rotatable bonds is 3. The molecule has 1 amide bonds. The largest absolute Gasteiger partial charge is 0.506 e. The maximum Gasteiger partial charge on any atom is 0.255 e. The lowest BCUT2D eigenvalue weighted by Crippen LogP contribution is -2.29. The van der Waals surface area contributed by atoms with Crippen LogP contribution in [0.15, 0.2) is 36.7 Å². The van der Waals surface area contributed by atoms with Crippen LogP contribution in [0.2, 0.25) is 10.0 Å². The predicted octanol–water partition coefficient (Wildman–Crippen LogP) is 3.93. The molecule has 0 saturated carbocycles. The fourth-order valence-corrected chi connectivity index (χ4v) is 2.54. The standard InChI is InChI=1S/C15H14Cl2N2O2/c1-9(13-4-3-11(16)6-14(13)17)19(2)15(21)10-5-12(20)8-18-7-10/h3-9,20H,1-2H3. The molecular formula is C15H14Cl2N2O2. The minimum atomic E-state index is -0.253. The summed E-state index contributed by atoms with van der Waals surface area (Å²) >= 11 is 12.0. The van der Waals surface area contributed by atoms with Gasteiger partial charge in [-0.1, -0.05) is 29.3 Å². The fraction of sp³-hybridized carbons (Fsp3) is 0.200. The van der Waals surface area contributed by atoms with E-state index < -0.39 is 0 Å². The van der Waals surface area contributed by atoms with E-state index in [0.29, 0.717) is 15.6 Å². The Morgan fingerprint density at radius 2 is 2.00 bits per heavy atom. The third kappa shape index (κ3) is 3.46. The summed E-state index contributed by atoms with van der Waals surface area (Å²) in [6.45, 7) is 1.86. The van der Waals surface area contributed by atoms with Gasteiger partial charge in [0.1, 0.15) is 5.75 Å². The molecule has 6 heteroatoms. The third-order valence-electron chi connectivity index (χ3n) is 3.28. The van der Waals surface area contributed by atoms with Gasteiger partial charge in [-0.2, -0.15) is 0 Å². The van der Waals surface area contributed by atoms with E-state index >= 15 is 0 Å². The lowest BCUT2D eigenvalue weighted by molar-refractivity contribution is 0.0742. The quantitative estimate of drug-likeness (QED) is 0.930. The van der Waals surface area contributed by atoms with Crippen molar-refractivity contribution in [2.24, 2.45) is 0 Å². The normalized spacial score (nSPS) is 12.0. The van der Waals surface area contributed by atoms with Gasteiger partial charge < -0.3 is 10.0 Å². The first-order chi connectivity index (χ1) is 9.90. The van der Waals surface area contributed by atoms with Crippen LogP contribution in [0, 0.1) is 0 Å². The minimum absolute atomic E-state index is 0.0496. The SMILES string of the molecule is CC(c1ccc(Cl)cc1Cl)N(C)C(=O)c1cncc(O)c1. The summed E-state index contributed by atoms with van der Waals surface area (Å²) in [6, 6.07) is 6.29. The van der Waals surface area contributed by atoms with Crippen LogP contribution in [0.3, 0.4) is 0 Å². The molecule has 0 radical (unpaired) electrons. The zero-order valence-corrected chi connectivity index (χ0v) is 13.1. The Morgan fingerprint density at radius 3 is 2.62 bits per heavy atom. The Morgan fingerprint density at radius 1 is 1.29 bits per heavy atom. The molecule has 110 valence electrons. The fourth-order valence-electron chi connectivity index (χ4n) is 1.97. The van der Waals surface area contributed by atoms with E-state index in [0.717, 1.165) is 5.56 Å². The summed E-state index contributed by atoms with van der Waals surface area (Å²) in [7, 11) is 1.67. The number of amides is 1. The molecule has 2 rings (SSSR count). The van der Waals surface area contributed by atoms with E-state index in [4.69, 9.17) is 23.2 Å². The molecule has 0 spiro atoms. The smallest absolute Gasteiger partial charge is 0.255 e. The highest BCUT2D eigenvalue weighted by Gasteiger charge is 2.21. The van der Waals surface area contributed by atoms with Crippen molar-refractivity contribution in [1.82, 2.24) is 9.88 Å². The molecule has 1 atom stereocenters. The first kappa shape index (κ1) is 15.6. The van der Waals surface area contributed by atoms with E-state index in [-0.39, 0.29) is 17.7 Å². The van der Waals surface area contributed by atoms with Gasteiger partial charge in [0.25, 0.3) is 5.91 Å². The number of hydrogen-bond acceptors (Lipinski definition) is 3. The lowest BCUT2D eigenvalue weighted by atomic mass is 10.1. The van der Waals surface area contributed by atoms with Crippen molar-refractivity contribution in [1.29, 1.82) is 0 Å². The number of aromatic nitrogens is 1. The predicted molar refractivity (Wildman–Crippen MR) is 82.9 cm³/mol. The number of carbonyl (C=O) groups is 1. The van der Waals surface area contributed by atoms with Crippen LogP contribution in [-0.2, 0) is 0 Å². The number of nitrogens with zero attached hydrogens (tertiary/aromatic N) is 2. The molecule has 0 saturated heterocycles. The summed E-state index contributed by atoms with van der Waals surface area (Å²) in [4.78, 5) is 17.7. The molecule has 4 nitrogen and oxygen atoms in total.